The van der Waals surface area contributed by atoms with Gasteiger partial charge in [0.1, 0.15) is 23.4 Å². The van der Waals surface area contributed by atoms with Gasteiger partial charge in [-0.15, -0.1) is 23.4 Å². The van der Waals surface area contributed by atoms with E-state index in [1.165, 1.54) is 28.8 Å². The van der Waals surface area contributed by atoms with Crippen LogP contribution in [0.15, 0.2) is 64.7 Å². The van der Waals surface area contributed by atoms with Crippen molar-refractivity contribution in [1.82, 2.24) is 10.2 Å². The third-order valence-electron chi connectivity index (χ3n) is 5.69. The molecule has 2 atom stereocenters. The van der Waals surface area contributed by atoms with Gasteiger partial charge in [-0.2, -0.15) is 8.42 Å². The fourth-order valence-corrected chi connectivity index (χ4v) is 5.81. The summed E-state index contributed by atoms with van der Waals surface area (Å²) in [7, 11) is -2.46. The first-order valence-corrected chi connectivity index (χ1v) is 14.1. The molecule has 2 aromatic carbocycles. The van der Waals surface area contributed by atoms with Crippen LogP contribution in [0.25, 0.3) is 0 Å². The third-order valence-corrected chi connectivity index (χ3v) is 8.29. The number of methoxy groups -OCH3 is 1. The smallest absolute Gasteiger partial charge is 0.355 e. The van der Waals surface area contributed by atoms with Crippen molar-refractivity contribution in [2.24, 2.45) is 5.73 Å². The van der Waals surface area contributed by atoms with E-state index in [1.54, 1.807) is 43.5 Å². The summed E-state index contributed by atoms with van der Waals surface area (Å²) in [6.07, 6.45) is 0.373. The first-order chi connectivity index (χ1) is 18.0. The summed E-state index contributed by atoms with van der Waals surface area (Å²) in [4.78, 5) is 37.1. The predicted octanol–water partition coefficient (Wildman–Crippen LogP) is 1.79. The molecule has 38 heavy (non-hydrogen) atoms. The predicted molar refractivity (Wildman–Crippen MR) is 141 cm³/mol. The monoisotopic (exact) mass is 583 g/mol. The molecule has 2 aliphatic rings. The molecule has 14 heteroatoms. The minimum Gasteiger partial charge on any atom is -0.497 e. The molecule has 1 saturated heterocycles. The number of halogens is 1. The first-order valence-electron chi connectivity index (χ1n) is 11.0. The van der Waals surface area contributed by atoms with E-state index in [2.05, 4.69) is 5.32 Å². The molecule has 2 aliphatic heterocycles. The zero-order chi connectivity index (χ0) is 28.1. The average molecular weight is 584 g/mol. The van der Waals surface area contributed by atoms with E-state index < -0.39 is 33.0 Å². The lowest BCUT2D eigenvalue weighted by Crippen LogP contribution is -2.83. The fraction of sp³-hybridized carbons (Fsp3) is 0.292. The summed E-state index contributed by atoms with van der Waals surface area (Å²) in [6, 6.07) is 13.0. The number of nitrogens with zero attached hydrogens (tertiary/aromatic N) is 1. The Balaban J connectivity index is 0.000000304. The molecule has 0 aromatic heterocycles. The lowest BCUT2D eigenvalue weighted by molar-refractivity contribution is -0.159. The number of nitrogens with two attached hydrogens (primary N) is 1. The molecule has 2 heterocycles. The second-order valence-corrected chi connectivity index (χ2v) is 11.0. The minimum absolute atomic E-state index is 0.0299. The quantitative estimate of drug-likeness (QED) is 0.104. The molecular formula is C24H26ClN3O8S2. The van der Waals surface area contributed by atoms with Crippen LogP contribution in [0.3, 0.4) is 0 Å². The zero-order valence-electron chi connectivity index (χ0n) is 20.4. The normalized spacial score (nSPS) is 20.4. The van der Waals surface area contributed by atoms with Crippen LogP contribution in [0.1, 0.15) is 11.1 Å². The molecule has 0 unspecified atom stereocenters. The molecule has 0 spiro atoms. The fourth-order valence-electron chi connectivity index (χ4n) is 3.62. The number of esters is 1. The van der Waals surface area contributed by atoms with Crippen LogP contribution in [-0.4, -0.2) is 65.9 Å². The Morgan fingerprint density at radius 2 is 1.89 bits per heavy atom. The molecular weight excluding hydrogens is 558 g/mol. The molecule has 0 saturated carbocycles. The largest absolute Gasteiger partial charge is 0.497 e. The Morgan fingerprint density at radius 3 is 2.42 bits per heavy atom. The highest BCUT2D eigenvalue weighted by molar-refractivity contribution is 8.00. The van der Waals surface area contributed by atoms with Crippen molar-refractivity contribution < 1.29 is 36.8 Å². The number of thioether (sulfide) groups is 1. The number of benzene rings is 2. The van der Waals surface area contributed by atoms with Crippen molar-refractivity contribution in [2.45, 2.75) is 29.5 Å². The van der Waals surface area contributed by atoms with Crippen molar-refractivity contribution in [3.8, 4) is 5.75 Å². The molecule has 4 N–H and O–H groups in total. The van der Waals surface area contributed by atoms with Gasteiger partial charge in [-0.3, -0.25) is 24.8 Å². The number of aryl methyl sites for hydroxylation is 1. The Kier molecular flexibility index (Phi) is 9.44. The molecule has 2 aromatic rings. The van der Waals surface area contributed by atoms with Gasteiger partial charge in [-0.25, -0.2) is 4.79 Å². The number of rotatable bonds is 8. The highest BCUT2D eigenvalue weighted by Crippen LogP contribution is 2.44. The Morgan fingerprint density at radius 1 is 1.26 bits per heavy atom. The summed E-state index contributed by atoms with van der Waals surface area (Å²) in [5.41, 5.74) is 6.85. The number of carbonyl (C=O) groups is 3. The van der Waals surface area contributed by atoms with Crippen LogP contribution < -0.4 is 15.8 Å². The number of hydrogen-bond donors (Lipinski definition) is 3. The maximum Gasteiger partial charge on any atom is 0.355 e. The Hall–Kier alpha value is -3.10. The topological polar surface area (TPSA) is 165 Å². The van der Waals surface area contributed by atoms with Gasteiger partial charge in [0, 0.05) is 11.6 Å². The SMILES string of the molecule is COc1ccc(COC(=O)C2=C(CCl)CS[C@@H]3N2C(=O)[C@]3(N)NC=O)cc1.Cc1ccc(S(=O)(=O)O)cc1. The van der Waals surface area contributed by atoms with Crippen LogP contribution in [0.4, 0.5) is 0 Å². The number of alkyl halides is 1. The van der Waals surface area contributed by atoms with Gasteiger partial charge in [0.2, 0.25) is 12.1 Å². The maximum absolute atomic E-state index is 12.7. The van der Waals surface area contributed by atoms with Crippen LogP contribution in [0.5, 0.6) is 5.75 Å². The maximum atomic E-state index is 12.7. The molecule has 0 aliphatic carbocycles. The summed E-state index contributed by atoms with van der Waals surface area (Å²) < 4.78 is 40.0. The molecule has 11 nitrogen and oxygen atoms in total. The van der Waals surface area contributed by atoms with Crippen molar-refractivity contribution in [2.75, 3.05) is 18.7 Å². The lowest BCUT2D eigenvalue weighted by Gasteiger charge is -2.54. The molecule has 0 bridgehead atoms. The van der Waals surface area contributed by atoms with Crippen LogP contribution in [0.2, 0.25) is 0 Å². The number of amides is 2. The van der Waals surface area contributed by atoms with Gasteiger partial charge < -0.3 is 14.8 Å². The van der Waals surface area contributed by atoms with Crippen molar-refractivity contribution >= 4 is 51.8 Å². The summed E-state index contributed by atoms with van der Waals surface area (Å²) in [5, 5.41) is 1.74. The van der Waals surface area contributed by atoms with Crippen LogP contribution in [-0.2, 0) is 35.8 Å². The number of hydrogen-bond acceptors (Lipinski definition) is 9. The van der Waals surface area contributed by atoms with E-state index in [-0.39, 0.29) is 23.1 Å². The van der Waals surface area contributed by atoms with Gasteiger partial charge in [0.15, 0.2) is 0 Å². The van der Waals surface area contributed by atoms with E-state index >= 15 is 0 Å². The second-order valence-electron chi connectivity index (χ2n) is 8.27. The molecule has 0 radical (unpaired) electrons. The lowest BCUT2D eigenvalue weighted by atomic mass is 9.96. The van der Waals surface area contributed by atoms with Gasteiger partial charge >= 0.3 is 5.97 Å². The molecule has 2 amide bonds. The summed E-state index contributed by atoms with van der Waals surface area (Å²) in [5.74, 6) is -0.0592. The van der Waals surface area contributed by atoms with Gasteiger partial charge in [0.05, 0.1) is 12.0 Å². The minimum atomic E-state index is -4.02. The second kappa shape index (κ2) is 12.2. The Labute approximate surface area is 229 Å². The zero-order valence-corrected chi connectivity index (χ0v) is 22.8. The van der Waals surface area contributed by atoms with Gasteiger partial charge in [-0.05, 0) is 42.3 Å². The van der Waals surface area contributed by atoms with Crippen molar-refractivity contribution in [3.05, 3.63) is 70.9 Å². The molecule has 204 valence electrons. The van der Waals surface area contributed by atoms with E-state index in [1.807, 2.05) is 6.92 Å². The van der Waals surface area contributed by atoms with Crippen LogP contribution in [0, 0.1) is 6.92 Å². The number of nitrogens with one attached hydrogen (secondary N) is 1. The highest BCUT2D eigenvalue weighted by atomic mass is 35.5. The number of carbonyl (C=O) groups excluding carboxylic acids is 3. The summed E-state index contributed by atoms with van der Waals surface area (Å²) in [6.45, 7) is 1.87. The van der Waals surface area contributed by atoms with Gasteiger partial charge in [0.25, 0.3) is 16.0 Å². The molecule has 1 fully saturated rings. The summed E-state index contributed by atoms with van der Waals surface area (Å²) >= 11 is 7.28. The average Bonchev–Trinajstić information content (AvgIpc) is 2.91. The van der Waals surface area contributed by atoms with E-state index in [4.69, 9.17) is 31.4 Å². The number of ether oxygens (including phenoxy) is 2. The number of fused-ring (bicyclic) bond motifs is 1. The highest BCUT2D eigenvalue weighted by Gasteiger charge is 2.63. The van der Waals surface area contributed by atoms with E-state index in [0.717, 1.165) is 11.1 Å². The van der Waals surface area contributed by atoms with Crippen molar-refractivity contribution in [3.63, 3.8) is 0 Å². The molecule has 4 rings (SSSR count). The van der Waals surface area contributed by atoms with Gasteiger partial charge in [-0.1, -0.05) is 29.8 Å². The first kappa shape index (κ1) is 29.5. The standard InChI is InChI=1S/C17H18ClN3O5S.C7H8O3S/c1-25-12-4-2-10(3-5-12)7-26-14(23)13-11(6-18)8-27-16-17(19,20-9-22)15(24)21(13)16;1-6-2-4-7(5-3-6)11(8,9)10/h2-5,9,16H,6-8,19H2,1H3,(H,20,22);2-5H,1H3,(H,8,9,10)/t16-,17-;/m0./s1. The third kappa shape index (κ3) is 6.30. The van der Waals surface area contributed by atoms with Crippen LogP contribution >= 0.6 is 23.4 Å². The van der Waals surface area contributed by atoms with E-state index in [0.29, 0.717) is 23.5 Å². The van der Waals surface area contributed by atoms with Crippen molar-refractivity contribution in [1.29, 1.82) is 0 Å². The van der Waals surface area contributed by atoms with E-state index in [9.17, 15) is 22.8 Å². The number of β-lactam (4-membered cyclic amide) rings is 1. The Bertz CT molecular complexity index is 1330.